The molecule has 0 bridgehead atoms. The molecule has 1 heterocycles. The third-order valence-electron chi connectivity index (χ3n) is 2.72. The third kappa shape index (κ3) is 3.89. The van der Waals surface area contributed by atoms with Gasteiger partial charge in [0, 0.05) is 12.3 Å². The van der Waals surface area contributed by atoms with Crippen LogP contribution in [0.4, 0.5) is 4.39 Å². The molecule has 2 aromatic rings. The van der Waals surface area contributed by atoms with E-state index in [-0.39, 0.29) is 29.4 Å². The van der Waals surface area contributed by atoms with Crippen LogP contribution in [-0.2, 0) is 16.6 Å². The fourth-order valence-corrected chi connectivity index (χ4v) is 2.20. The van der Waals surface area contributed by atoms with E-state index in [1.165, 1.54) is 16.7 Å². The van der Waals surface area contributed by atoms with Gasteiger partial charge in [-0.3, -0.25) is 4.79 Å². The minimum atomic E-state index is -3.95. The Labute approximate surface area is 120 Å². The van der Waals surface area contributed by atoms with Crippen LogP contribution < -0.4 is 15.4 Å². The Morgan fingerprint density at radius 3 is 2.62 bits per heavy atom. The van der Waals surface area contributed by atoms with Crippen molar-refractivity contribution in [3.8, 4) is 5.75 Å². The fourth-order valence-electron chi connectivity index (χ4n) is 1.67. The Balaban J connectivity index is 2.05. The molecular formula is C13H13FN2O4S. The molecule has 0 aliphatic heterocycles. The first-order valence-electron chi connectivity index (χ1n) is 5.98. The van der Waals surface area contributed by atoms with Gasteiger partial charge in [-0.15, -0.1) is 0 Å². The number of hydrogen-bond donors (Lipinski definition) is 1. The molecule has 1 aromatic heterocycles. The molecule has 6 nitrogen and oxygen atoms in total. The second-order valence-electron chi connectivity index (χ2n) is 4.22. The third-order valence-corrected chi connectivity index (χ3v) is 3.63. The Bertz CT molecular complexity index is 802. The van der Waals surface area contributed by atoms with E-state index < -0.39 is 15.8 Å². The number of sulfonamides is 1. The van der Waals surface area contributed by atoms with E-state index in [9.17, 15) is 17.6 Å². The van der Waals surface area contributed by atoms with Gasteiger partial charge in [-0.05, 0) is 24.3 Å². The molecule has 2 rings (SSSR count). The van der Waals surface area contributed by atoms with E-state index in [0.29, 0.717) is 0 Å². The zero-order chi connectivity index (χ0) is 15.5. The lowest BCUT2D eigenvalue weighted by Crippen LogP contribution is -2.21. The van der Waals surface area contributed by atoms with E-state index in [2.05, 4.69) is 0 Å². The molecule has 0 atom stereocenters. The van der Waals surface area contributed by atoms with E-state index in [1.54, 1.807) is 18.3 Å². The van der Waals surface area contributed by atoms with Gasteiger partial charge in [0.1, 0.15) is 6.61 Å². The van der Waals surface area contributed by atoms with E-state index in [4.69, 9.17) is 9.88 Å². The monoisotopic (exact) mass is 312 g/mol. The maximum atomic E-state index is 13.7. The molecule has 21 heavy (non-hydrogen) atoms. The number of rotatable bonds is 5. The molecule has 0 unspecified atom stereocenters. The van der Waals surface area contributed by atoms with Gasteiger partial charge < -0.3 is 9.30 Å². The van der Waals surface area contributed by atoms with Gasteiger partial charge in [-0.1, -0.05) is 6.07 Å². The van der Waals surface area contributed by atoms with Crippen LogP contribution in [0.25, 0.3) is 0 Å². The Morgan fingerprint density at radius 1 is 1.24 bits per heavy atom. The highest BCUT2D eigenvalue weighted by Gasteiger charge is 2.12. The first-order valence-corrected chi connectivity index (χ1v) is 7.53. The Hall–Kier alpha value is -2.19. The quantitative estimate of drug-likeness (QED) is 0.880. The zero-order valence-corrected chi connectivity index (χ0v) is 11.7. The fraction of sp³-hybridized carbons (Fsp3) is 0.154. The van der Waals surface area contributed by atoms with Crippen LogP contribution in [0.5, 0.6) is 5.75 Å². The van der Waals surface area contributed by atoms with E-state index >= 15 is 0 Å². The van der Waals surface area contributed by atoms with Gasteiger partial charge in [-0.2, -0.15) is 0 Å². The second-order valence-corrected chi connectivity index (χ2v) is 5.78. The van der Waals surface area contributed by atoms with E-state index in [1.807, 2.05) is 0 Å². The van der Waals surface area contributed by atoms with Crippen LogP contribution in [0, 0.1) is 5.82 Å². The van der Waals surface area contributed by atoms with Crippen molar-refractivity contribution in [1.82, 2.24) is 4.57 Å². The first kappa shape index (κ1) is 15.2. The second kappa shape index (κ2) is 6.06. The molecule has 0 aliphatic carbocycles. The minimum Gasteiger partial charge on any atom is -0.489 e. The zero-order valence-electron chi connectivity index (χ0n) is 10.9. The van der Waals surface area contributed by atoms with Crippen LogP contribution in [0.2, 0.25) is 0 Å². The normalized spacial score (nSPS) is 11.3. The molecule has 0 spiro atoms. The van der Waals surface area contributed by atoms with Crippen molar-refractivity contribution in [3.63, 3.8) is 0 Å². The predicted octanol–water partition coefficient (Wildman–Crippen LogP) is 0.714. The standard InChI is InChI=1S/C13H13FN2O4S/c14-11-9-10(21(15,18)19)4-5-12(11)20-8-7-16-6-2-1-3-13(16)17/h1-6,9H,7-8H2,(H2,15,18,19). The van der Waals surface area contributed by atoms with Crippen LogP contribution >= 0.6 is 0 Å². The van der Waals surface area contributed by atoms with Crippen molar-refractivity contribution < 1.29 is 17.5 Å². The van der Waals surface area contributed by atoms with Gasteiger partial charge in [0.15, 0.2) is 11.6 Å². The van der Waals surface area contributed by atoms with Crippen molar-refractivity contribution in [1.29, 1.82) is 0 Å². The topological polar surface area (TPSA) is 91.4 Å². The van der Waals surface area contributed by atoms with Crippen molar-refractivity contribution in [2.75, 3.05) is 6.61 Å². The number of nitrogens with two attached hydrogens (primary N) is 1. The first-order chi connectivity index (χ1) is 9.88. The molecule has 0 radical (unpaired) electrons. The average molecular weight is 312 g/mol. The van der Waals surface area contributed by atoms with Crippen molar-refractivity contribution in [3.05, 3.63) is 58.8 Å². The van der Waals surface area contributed by atoms with Gasteiger partial charge >= 0.3 is 0 Å². The average Bonchev–Trinajstić information content (AvgIpc) is 2.41. The SMILES string of the molecule is NS(=O)(=O)c1ccc(OCCn2ccccc2=O)c(F)c1. The van der Waals surface area contributed by atoms with Crippen LogP contribution in [0.1, 0.15) is 0 Å². The number of benzene rings is 1. The van der Waals surface area contributed by atoms with Crippen molar-refractivity contribution in [2.45, 2.75) is 11.4 Å². The smallest absolute Gasteiger partial charge is 0.250 e. The van der Waals surface area contributed by atoms with E-state index in [0.717, 1.165) is 12.1 Å². The number of primary sulfonamides is 1. The summed E-state index contributed by atoms with van der Waals surface area (Å²) in [7, 11) is -3.95. The molecular weight excluding hydrogens is 299 g/mol. The van der Waals surface area contributed by atoms with Crippen molar-refractivity contribution >= 4 is 10.0 Å². The largest absolute Gasteiger partial charge is 0.489 e. The summed E-state index contributed by atoms with van der Waals surface area (Å²) >= 11 is 0. The summed E-state index contributed by atoms with van der Waals surface area (Å²) in [6.45, 7) is 0.311. The van der Waals surface area contributed by atoms with Crippen LogP contribution in [-0.4, -0.2) is 19.6 Å². The summed E-state index contributed by atoms with van der Waals surface area (Å²) in [6, 6.07) is 7.85. The van der Waals surface area contributed by atoms with Crippen molar-refractivity contribution in [2.24, 2.45) is 5.14 Å². The minimum absolute atomic E-state index is 0.0650. The highest BCUT2D eigenvalue weighted by atomic mass is 32.2. The maximum absolute atomic E-state index is 13.7. The highest BCUT2D eigenvalue weighted by Crippen LogP contribution is 2.20. The number of hydrogen-bond acceptors (Lipinski definition) is 4. The number of halogens is 1. The molecule has 1 aromatic carbocycles. The summed E-state index contributed by atoms with van der Waals surface area (Å²) in [5, 5.41) is 4.90. The maximum Gasteiger partial charge on any atom is 0.250 e. The summed E-state index contributed by atoms with van der Waals surface area (Å²) in [6.07, 6.45) is 1.59. The Morgan fingerprint density at radius 2 is 2.00 bits per heavy atom. The highest BCUT2D eigenvalue weighted by molar-refractivity contribution is 7.89. The Kier molecular flexibility index (Phi) is 4.39. The van der Waals surface area contributed by atoms with Gasteiger partial charge in [-0.25, -0.2) is 17.9 Å². The van der Waals surface area contributed by atoms with Gasteiger partial charge in [0.05, 0.1) is 11.4 Å². The summed E-state index contributed by atoms with van der Waals surface area (Å²) in [4.78, 5) is 11.1. The molecule has 0 amide bonds. The molecule has 0 saturated carbocycles. The predicted molar refractivity (Wildman–Crippen MR) is 74.0 cm³/mol. The lowest BCUT2D eigenvalue weighted by Gasteiger charge is -2.09. The number of ether oxygens (including phenoxy) is 1. The summed E-state index contributed by atoms with van der Waals surface area (Å²) in [5.41, 5.74) is -0.189. The summed E-state index contributed by atoms with van der Waals surface area (Å²) in [5.74, 6) is -0.937. The molecule has 0 aliphatic rings. The molecule has 8 heteroatoms. The van der Waals surface area contributed by atoms with Crippen LogP contribution in [0.15, 0.2) is 52.3 Å². The molecule has 0 saturated heterocycles. The van der Waals surface area contributed by atoms with Crippen LogP contribution in [0.3, 0.4) is 0 Å². The van der Waals surface area contributed by atoms with Gasteiger partial charge in [0.25, 0.3) is 5.56 Å². The molecule has 112 valence electrons. The molecule has 0 fully saturated rings. The van der Waals surface area contributed by atoms with Gasteiger partial charge in [0.2, 0.25) is 10.0 Å². The molecule has 2 N–H and O–H groups in total. The lowest BCUT2D eigenvalue weighted by atomic mass is 10.3. The number of pyridine rings is 1. The number of aromatic nitrogens is 1. The number of nitrogens with zero attached hydrogens (tertiary/aromatic N) is 1. The lowest BCUT2D eigenvalue weighted by molar-refractivity contribution is 0.282. The summed E-state index contributed by atoms with van der Waals surface area (Å²) < 4.78 is 42.4.